The van der Waals surface area contributed by atoms with E-state index in [9.17, 15) is 13.2 Å². The van der Waals surface area contributed by atoms with Gasteiger partial charge in [-0.3, -0.25) is 9.78 Å². The molecule has 0 bridgehead atoms. The number of rotatable bonds is 4. The van der Waals surface area contributed by atoms with Crippen LogP contribution in [-0.4, -0.2) is 19.3 Å². The molecule has 1 amide bonds. The summed E-state index contributed by atoms with van der Waals surface area (Å²) in [5.41, 5.74) is 5.55. The van der Waals surface area contributed by atoms with Crippen LogP contribution in [0.3, 0.4) is 0 Å². The smallest absolute Gasteiger partial charge is 0.339 e. The second kappa shape index (κ2) is 6.10. The fourth-order valence-corrected chi connectivity index (χ4v) is 3.59. The number of nitrogens with zero attached hydrogens (tertiary/aromatic N) is 1. The highest BCUT2D eigenvalue weighted by atomic mass is 35.5. The first-order chi connectivity index (χ1) is 11.4. The van der Waals surface area contributed by atoms with Crippen molar-refractivity contribution < 1.29 is 17.4 Å². The molecule has 0 spiro atoms. The number of aromatic nitrogens is 1. The van der Waals surface area contributed by atoms with Gasteiger partial charge in [-0.15, -0.1) is 0 Å². The van der Waals surface area contributed by atoms with Gasteiger partial charge in [0, 0.05) is 11.6 Å². The van der Waals surface area contributed by atoms with Gasteiger partial charge < -0.3 is 9.92 Å². The van der Waals surface area contributed by atoms with Gasteiger partial charge in [-0.05, 0) is 36.4 Å². The topological polar surface area (TPSA) is 99.4 Å². The molecule has 2 aromatic carbocycles. The summed E-state index contributed by atoms with van der Waals surface area (Å²) in [7, 11) is -4.22. The minimum absolute atomic E-state index is 0.0301. The van der Waals surface area contributed by atoms with Crippen molar-refractivity contribution in [3.05, 3.63) is 65.3 Å². The monoisotopic (exact) mass is 362 g/mol. The summed E-state index contributed by atoms with van der Waals surface area (Å²) in [4.78, 5) is 15.4. The van der Waals surface area contributed by atoms with Crippen molar-refractivity contribution in [2.24, 2.45) is 5.73 Å². The van der Waals surface area contributed by atoms with Crippen LogP contribution in [-0.2, 0) is 10.1 Å². The SMILES string of the molecule is NC(=O)c1ccccc1OS(=O)(=O)c1ccc(Cl)c2ncccc12. The lowest BCUT2D eigenvalue weighted by Crippen LogP contribution is -2.16. The van der Waals surface area contributed by atoms with Crippen LogP contribution >= 0.6 is 11.6 Å². The minimum atomic E-state index is -4.22. The molecule has 0 saturated heterocycles. The number of nitrogens with two attached hydrogens (primary N) is 1. The van der Waals surface area contributed by atoms with Gasteiger partial charge in [0.1, 0.15) is 4.90 Å². The van der Waals surface area contributed by atoms with Crippen molar-refractivity contribution >= 4 is 38.5 Å². The van der Waals surface area contributed by atoms with Gasteiger partial charge in [-0.25, -0.2) is 0 Å². The average Bonchev–Trinajstić information content (AvgIpc) is 2.55. The molecule has 6 nitrogen and oxygen atoms in total. The van der Waals surface area contributed by atoms with Gasteiger partial charge in [0.25, 0.3) is 5.91 Å². The Morgan fingerprint density at radius 2 is 1.83 bits per heavy atom. The first-order valence-corrected chi connectivity index (χ1v) is 8.55. The fourth-order valence-electron chi connectivity index (χ4n) is 2.24. The van der Waals surface area contributed by atoms with Gasteiger partial charge in [-0.2, -0.15) is 8.42 Å². The van der Waals surface area contributed by atoms with E-state index in [1.807, 2.05) is 0 Å². The molecule has 3 aromatic rings. The van der Waals surface area contributed by atoms with Crippen molar-refractivity contribution in [2.75, 3.05) is 0 Å². The van der Waals surface area contributed by atoms with Crippen LogP contribution in [0.25, 0.3) is 10.9 Å². The third-order valence-corrected chi connectivity index (χ3v) is 4.90. The predicted octanol–water partition coefficient (Wildman–Crippen LogP) is 2.75. The van der Waals surface area contributed by atoms with Crippen molar-refractivity contribution in [1.82, 2.24) is 4.98 Å². The quantitative estimate of drug-likeness (QED) is 0.719. The van der Waals surface area contributed by atoms with Gasteiger partial charge in [-0.1, -0.05) is 23.7 Å². The first-order valence-electron chi connectivity index (χ1n) is 6.77. The van der Waals surface area contributed by atoms with E-state index in [1.54, 1.807) is 24.3 Å². The molecule has 3 rings (SSSR count). The molecular formula is C16H11ClN2O4S. The van der Waals surface area contributed by atoms with Gasteiger partial charge >= 0.3 is 10.1 Å². The molecule has 122 valence electrons. The van der Waals surface area contributed by atoms with E-state index in [1.165, 1.54) is 30.5 Å². The summed E-state index contributed by atoms with van der Waals surface area (Å²) in [6.07, 6.45) is 1.51. The molecule has 0 aliphatic carbocycles. The lowest BCUT2D eigenvalue weighted by molar-refractivity contribution is 0.0999. The first kappa shape index (κ1) is 16.2. The van der Waals surface area contributed by atoms with Crippen LogP contribution in [0.5, 0.6) is 5.75 Å². The Labute approximate surface area is 143 Å². The van der Waals surface area contributed by atoms with Crippen molar-refractivity contribution in [2.45, 2.75) is 4.90 Å². The van der Waals surface area contributed by atoms with Crippen LogP contribution in [0.2, 0.25) is 5.02 Å². The normalized spacial score (nSPS) is 11.4. The number of hydrogen-bond acceptors (Lipinski definition) is 5. The average molecular weight is 363 g/mol. The molecule has 2 N–H and O–H groups in total. The molecule has 0 unspecified atom stereocenters. The van der Waals surface area contributed by atoms with E-state index >= 15 is 0 Å². The van der Waals surface area contributed by atoms with Crippen LogP contribution in [0.4, 0.5) is 0 Å². The van der Waals surface area contributed by atoms with Gasteiger partial charge in [0.15, 0.2) is 5.75 Å². The predicted molar refractivity (Wildman–Crippen MR) is 89.5 cm³/mol. The Bertz CT molecular complexity index is 1050. The minimum Gasteiger partial charge on any atom is -0.378 e. The zero-order valence-electron chi connectivity index (χ0n) is 12.1. The number of fused-ring (bicyclic) bond motifs is 1. The maximum absolute atomic E-state index is 12.7. The van der Waals surface area contributed by atoms with Crippen molar-refractivity contribution in [3.63, 3.8) is 0 Å². The highest BCUT2D eigenvalue weighted by Gasteiger charge is 2.23. The maximum atomic E-state index is 12.7. The number of carbonyl (C=O) groups is 1. The lowest BCUT2D eigenvalue weighted by atomic mass is 10.2. The Morgan fingerprint density at radius 3 is 2.58 bits per heavy atom. The zero-order valence-corrected chi connectivity index (χ0v) is 13.7. The summed E-state index contributed by atoms with van der Waals surface area (Å²) in [6, 6.07) is 11.8. The molecular weight excluding hydrogens is 352 g/mol. The molecule has 0 radical (unpaired) electrons. The Kier molecular flexibility index (Phi) is 4.13. The lowest BCUT2D eigenvalue weighted by Gasteiger charge is -2.11. The third-order valence-electron chi connectivity index (χ3n) is 3.30. The van der Waals surface area contributed by atoms with Crippen molar-refractivity contribution in [3.8, 4) is 5.75 Å². The number of pyridine rings is 1. The number of hydrogen-bond donors (Lipinski definition) is 1. The van der Waals surface area contributed by atoms with Crippen LogP contribution < -0.4 is 9.92 Å². The van der Waals surface area contributed by atoms with E-state index in [-0.39, 0.29) is 16.2 Å². The number of benzene rings is 2. The molecule has 0 atom stereocenters. The summed E-state index contributed by atoms with van der Waals surface area (Å²) < 4.78 is 30.4. The zero-order chi connectivity index (χ0) is 17.3. The van der Waals surface area contributed by atoms with E-state index in [0.29, 0.717) is 15.9 Å². The standard InChI is InChI=1S/C16H11ClN2O4S/c17-12-7-8-14(11-5-3-9-19-15(11)12)24(21,22)23-13-6-2-1-4-10(13)16(18)20/h1-9H,(H2,18,20). The van der Waals surface area contributed by atoms with Crippen LogP contribution in [0, 0.1) is 0 Å². The van der Waals surface area contributed by atoms with E-state index in [0.717, 1.165) is 0 Å². The summed E-state index contributed by atoms with van der Waals surface area (Å²) in [6.45, 7) is 0. The number of primary amides is 1. The Balaban J connectivity index is 2.14. The molecule has 1 heterocycles. The van der Waals surface area contributed by atoms with E-state index in [4.69, 9.17) is 21.5 Å². The number of amides is 1. The highest BCUT2D eigenvalue weighted by molar-refractivity contribution is 7.87. The molecule has 0 fully saturated rings. The molecule has 8 heteroatoms. The Morgan fingerprint density at radius 1 is 1.08 bits per heavy atom. The molecule has 24 heavy (non-hydrogen) atoms. The summed E-state index contributed by atoms with van der Waals surface area (Å²) >= 11 is 6.05. The fraction of sp³-hybridized carbons (Fsp3) is 0. The van der Waals surface area contributed by atoms with Crippen LogP contribution in [0.1, 0.15) is 10.4 Å². The van der Waals surface area contributed by atoms with Gasteiger partial charge in [0.2, 0.25) is 0 Å². The number of para-hydroxylation sites is 1. The molecule has 1 aromatic heterocycles. The maximum Gasteiger partial charge on any atom is 0.339 e. The molecule has 0 saturated carbocycles. The van der Waals surface area contributed by atoms with E-state index < -0.39 is 16.0 Å². The second-order valence-electron chi connectivity index (χ2n) is 4.84. The third kappa shape index (κ3) is 2.91. The van der Waals surface area contributed by atoms with Crippen LogP contribution in [0.15, 0.2) is 59.6 Å². The molecule has 0 aliphatic heterocycles. The van der Waals surface area contributed by atoms with E-state index in [2.05, 4.69) is 4.98 Å². The highest BCUT2D eigenvalue weighted by Crippen LogP contribution is 2.30. The molecule has 0 aliphatic rings. The Hall–Kier alpha value is -2.64. The summed E-state index contributed by atoms with van der Waals surface area (Å²) in [5, 5.41) is 0.642. The number of carbonyl (C=O) groups excluding carboxylic acids is 1. The summed E-state index contributed by atoms with van der Waals surface area (Å²) in [5.74, 6) is -0.930. The van der Waals surface area contributed by atoms with Gasteiger partial charge in [0.05, 0.1) is 16.1 Å². The number of halogens is 1. The van der Waals surface area contributed by atoms with Crippen molar-refractivity contribution in [1.29, 1.82) is 0 Å². The second-order valence-corrected chi connectivity index (χ2v) is 6.76. The largest absolute Gasteiger partial charge is 0.378 e.